The van der Waals surface area contributed by atoms with Crippen molar-refractivity contribution in [2.45, 2.75) is 31.5 Å². The predicted molar refractivity (Wildman–Crippen MR) is 105 cm³/mol. The van der Waals surface area contributed by atoms with E-state index in [1.165, 1.54) is 11.8 Å². The molecule has 1 aromatic carbocycles. The Labute approximate surface area is 166 Å². The van der Waals surface area contributed by atoms with Gasteiger partial charge in [-0.05, 0) is 24.5 Å². The Balaban J connectivity index is 2.01. The number of hydrogen-bond donors (Lipinski definition) is 2. The first kappa shape index (κ1) is 21.0. The van der Waals surface area contributed by atoms with Crippen LogP contribution >= 0.6 is 23.4 Å². The number of carbonyl (C=O) groups is 2. The lowest BCUT2D eigenvalue weighted by Crippen LogP contribution is -2.43. The normalized spacial score (nSPS) is 12.0. The highest BCUT2D eigenvalue weighted by molar-refractivity contribution is 7.99. The van der Waals surface area contributed by atoms with E-state index in [4.69, 9.17) is 22.2 Å². The fourth-order valence-corrected chi connectivity index (χ4v) is 3.28. The number of carbonyl (C=O) groups excluding carboxylic acids is 2. The zero-order valence-electron chi connectivity index (χ0n) is 15.3. The fourth-order valence-electron chi connectivity index (χ4n) is 2.40. The van der Waals surface area contributed by atoms with E-state index in [1.807, 2.05) is 19.9 Å². The third-order valence-electron chi connectivity index (χ3n) is 3.64. The number of amides is 1. The van der Waals surface area contributed by atoms with Crippen LogP contribution in [0, 0.1) is 5.92 Å². The van der Waals surface area contributed by atoms with Gasteiger partial charge in [-0.3, -0.25) is 4.79 Å². The van der Waals surface area contributed by atoms with Crippen molar-refractivity contribution in [2.24, 2.45) is 5.92 Å². The van der Waals surface area contributed by atoms with Gasteiger partial charge in [0.25, 0.3) is 0 Å². The van der Waals surface area contributed by atoms with Gasteiger partial charge in [-0.2, -0.15) is 0 Å². The summed E-state index contributed by atoms with van der Waals surface area (Å²) in [4.78, 5) is 24.0. The first-order valence-corrected chi connectivity index (χ1v) is 9.65. The molecule has 2 rings (SSSR count). The van der Waals surface area contributed by atoms with Crippen molar-refractivity contribution in [1.82, 2.24) is 20.2 Å². The molecule has 1 heterocycles. The molecule has 8 nitrogen and oxygen atoms in total. The lowest BCUT2D eigenvalue weighted by atomic mass is 10.0. The van der Waals surface area contributed by atoms with Crippen LogP contribution in [0.15, 0.2) is 29.4 Å². The molecule has 0 aliphatic heterocycles. The minimum atomic E-state index is -0.683. The van der Waals surface area contributed by atoms with E-state index < -0.39 is 12.0 Å². The molecule has 0 spiro atoms. The van der Waals surface area contributed by atoms with Crippen LogP contribution in [0.2, 0.25) is 5.02 Å². The maximum atomic E-state index is 12.2. The number of rotatable bonds is 8. The van der Waals surface area contributed by atoms with Gasteiger partial charge in [-0.1, -0.05) is 49.3 Å². The molecule has 0 radical (unpaired) electrons. The number of halogens is 1. The summed E-state index contributed by atoms with van der Waals surface area (Å²) in [5.74, 6) is 5.90. The molecular weight excluding hydrogens is 390 g/mol. The monoisotopic (exact) mass is 411 g/mol. The molecule has 2 aromatic rings. The summed E-state index contributed by atoms with van der Waals surface area (Å²) in [5.41, 5.74) is 0.646. The van der Waals surface area contributed by atoms with E-state index in [9.17, 15) is 9.59 Å². The number of methoxy groups -OCH3 is 1. The zero-order valence-corrected chi connectivity index (χ0v) is 16.9. The number of nitrogens with two attached hydrogens (primary N) is 1. The highest BCUT2D eigenvalue weighted by Gasteiger charge is 2.23. The number of nitrogen functional groups attached to an aromatic ring is 1. The second-order valence-electron chi connectivity index (χ2n) is 6.22. The summed E-state index contributed by atoms with van der Waals surface area (Å²) in [5, 5.41) is 11.6. The van der Waals surface area contributed by atoms with Gasteiger partial charge in [-0.25, -0.2) is 9.47 Å². The average Bonchev–Trinajstić information content (AvgIpc) is 2.99. The van der Waals surface area contributed by atoms with Crippen LogP contribution in [0.3, 0.4) is 0 Å². The SMILES string of the molecule is COC(=O)[C@@H](CC(C)C)NC(=O)CSc1nnc(-c2ccccc2Cl)n1N. The molecule has 146 valence electrons. The van der Waals surface area contributed by atoms with E-state index in [2.05, 4.69) is 15.5 Å². The summed E-state index contributed by atoms with van der Waals surface area (Å²) in [6.45, 7) is 3.92. The number of esters is 1. The molecular formula is C17H22ClN5O3S. The summed E-state index contributed by atoms with van der Waals surface area (Å²) in [6.07, 6.45) is 0.493. The Kier molecular flexibility index (Phi) is 7.49. The molecule has 0 bridgehead atoms. The molecule has 0 saturated heterocycles. The average molecular weight is 412 g/mol. The second-order valence-corrected chi connectivity index (χ2v) is 7.57. The maximum absolute atomic E-state index is 12.2. The van der Waals surface area contributed by atoms with Crippen LogP contribution in [-0.4, -0.2) is 45.7 Å². The van der Waals surface area contributed by atoms with E-state index in [-0.39, 0.29) is 17.6 Å². The topological polar surface area (TPSA) is 112 Å². The van der Waals surface area contributed by atoms with Crippen molar-refractivity contribution >= 4 is 35.2 Å². The molecule has 1 atom stereocenters. The lowest BCUT2D eigenvalue weighted by molar-refractivity contribution is -0.145. The Bertz CT molecular complexity index is 812. The van der Waals surface area contributed by atoms with Gasteiger partial charge in [0.1, 0.15) is 6.04 Å². The number of nitrogens with one attached hydrogen (secondary N) is 1. The van der Waals surface area contributed by atoms with Gasteiger partial charge in [0.2, 0.25) is 11.1 Å². The molecule has 0 unspecified atom stereocenters. The van der Waals surface area contributed by atoms with Crippen LogP contribution < -0.4 is 11.2 Å². The Morgan fingerprint density at radius 2 is 2.04 bits per heavy atom. The molecule has 0 saturated carbocycles. The third kappa shape index (κ3) is 5.61. The van der Waals surface area contributed by atoms with Gasteiger partial charge in [0.15, 0.2) is 5.82 Å². The zero-order chi connectivity index (χ0) is 20.0. The highest BCUT2D eigenvalue weighted by atomic mass is 35.5. The van der Waals surface area contributed by atoms with Gasteiger partial charge in [0, 0.05) is 5.56 Å². The Morgan fingerprint density at radius 3 is 2.67 bits per heavy atom. The van der Waals surface area contributed by atoms with Crippen molar-refractivity contribution in [3.63, 3.8) is 0 Å². The van der Waals surface area contributed by atoms with Crippen LogP contribution in [0.1, 0.15) is 20.3 Å². The van der Waals surface area contributed by atoms with Crippen molar-refractivity contribution in [3.8, 4) is 11.4 Å². The molecule has 0 aliphatic rings. The minimum Gasteiger partial charge on any atom is -0.467 e. The summed E-state index contributed by atoms with van der Waals surface area (Å²) in [7, 11) is 1.30. The molecule has 0 fully saturated rings. The number of ether oxygens (including phenoxy) is 1. The van der Waals surface area contributed by atoms with Gasteiger partial charge in [-0.15, -0.1) is 10.2 Å². The number of nitrogens with zero attached hydrogens (tertiary/aromatic N) is 3. The third-order valence-corrected chi connectivity index (χ3v) is 4.91. The highest BCUT2D eigenvalue weighted by Crippen LogP contribution is 2.27. The summed E-state index contributed by atoms with van der Waals surface area (Å²) < 4.78 is 6.02. The molecule has 10 heteroatoms. The smallest absolute Gasteiger partial charge is 0.328 e. The van der Waals surface area contributed by atoms with Crippen molar-refractivity contribution in [2.75, 3.05) is 18.7 Å². The van der Waals surface area contributed by atoms with E-state index >= 15 is 0 Å². The number of hydrogen-bond acceptors (Lipinski definition) is 7. The first-order chi connectivity index (χ1) is 12.8. The number of benzene rings is 1. The van der Waals surface area contributed by atoms with Crippen LogP contribution in [-0.2, 0) is 14.3 Å². The predicted octanol–water partition coefficient (Wildman–Crippen LogP) is 2.11. The molecule has 0 aliphatic carbocycles. The van der Waals surface area contributed by atoms with Crippen LogP contribution in [0.25, 0.3) is 11.4 Å². The number of thioether (sulfide) groups is 1. The van der Waals surface area contributed by atoms with E-state index in [1.54, 1.807) is 18.2 Å². The lowest BCUT2D eigenvalue weighted by Gasteiger charge is -2.18. The van der Waals surface area contributed by atoms with E-state index in [0.717, 1.165) is 11.8 Å². The van der Waals surface area contributed by atoms with Crippen molar-refractivity contribution in [1.29, 1.82) is 0 Å². The fraction of sp³-hybridized carbons (Fsp3) is 0.412. The van der Waals surface area contributed by atoms with Crippen molar-refractivity contribution in [3.05, 3.63) is 29.3 Å². The largest absolute Gasteiger partial charge is 0.467 e. The standard InChI is InChI=1S/C17H22ClN5O3S/c1-10(2)8-13(16(25)26-3)20-14(24)9-27-17-22-21-15(23(17)19)11-6-4-5-7-12(11)18/h4-7,10,13H,8-9,19H2,1-3H3,(H,20,24)/t13-/m1/s1. The summed E-state index contributed by atoms with van der Waals surface area (Å²) in [6, 6.07) is 6.45. The van der Waals surface area contributed by atoms with Gasteiger partial charge >= 0.3 is 5.97 Å². The minimum absolute atomic E-state index is 0.0312. The Hall–Kier alpha value is -2.26. The second kappa shape index (κ2) is 9.61. The summed E-state index contributed by atoms with van der Waals surface area (Å²) >= 11 is 7.27. The molecule has 3 N–H and O–H groups in total. The molecule has 1 aromatic heterocycles. The van der Waals surface area contributed by atoms with Crippen LogP contribution in [0.4, 0.5) is 0 Å². The van der Waals surface area contributed by atoms with Gasteiger partial charge < -0.3 is 15.9 Å². The van der Waals surface area contributed by atoms with E-state index in [0.29, 0.717) is 28.0 Å². The number of aromatic nitrogens is 3. The molecule has 1 amide bonds. The quantitative estimate of drug-likeness (QED) is 0.388. The van der Waals surface area contributed by atoms with Crippen LogP contribution in [0.5, 0.6) is 0 Å². The maximum Gasteiger partial charge on any atom is 0.328 e. The van der Waals surface area contributed by atoms with Crippen molar-refractivity contribution < 1.29 is 14.3 Å². The Morgan fingerprint density at radius 1 is 1.33 bits per heavy atom. The van der Waals surface area contributed by atoms with Gasteiger partial charge in [0.05, 0.1) is 17.9 Å². The molecule has 27 heavy (non-hydrogen) atoms. The first-order valence-electron chi connectivity index (χ1n) is 8.28.